The van der Waals surface area contributed by atoms with Crippen molar-refractivity contribution in [2.24, 2.45) is 0 Å². The standard InChI is InChI=1S/C24H28N2O4/c1-5-20-21(23(27)29-6-2)22(26-24(28)25-20)17-9-11-19(12-10-17)30-14-18-13-15(3)7-8-16(18)4/h7-13,22H,5-6,14H2,1-4H3,(H2,25,26,28). The van der Waals surface area contributed by atoms with Crippen LogP contribution in [0.2, 0.25) is 0 Å². The van der Waals surface area contributed by atoms with Crippen molar-refractivity contribution < 1.29 is 19.1 Å². The van der Waals surface area contributed by atoms with Gasteiger partial charge in [0.15, 0.2) is 0 Å². The molecule has 0 radical (unpaired) electrons. The molecule has 2 aromatic rings. The Balaban J connectivity index is 1.80. The molecule has 158 valence electrons. The molecule has 1 aliphatic rings. The molecular weight excluding hydrogens is 380 g/mol. The van der Waals surface area contributed by atoms with E-state index in [0.717, 1.165) is 16.9 Å². The normalized spacial score (nSPS) is 16.0. The maximum Gasteiger partial charge on any atom is 0.338 e. The summed E-state index contributed by atoms with van der Waals surface area (Å²) in [6, 6.07) is 12.8. The molecule has 0 aromatic heterocycles. The number of carbonyl (C=O) groups is 2. The van der Waals surface area contributed by atoms with Gasteiger partial charge in [-0.05, 0) is 56.0 Å². The molecule has 3 rings (SSSR count). The molecule has 1 aliphatic heterocycles. The first-order valence-electron chi connectivity index (χ1n) is 10.2. The van der Waals surface area contributed by atoms with Crippen molar-refractivity contribution in [2.75, 3.05) is 6.61 Å². The molecule has 1 heterocycles. The van der Waals surface area contributed by atoms with E-state index in [4.69, 9.17) is 9.47 Å². The van der Waals surface area contributed by atoms with E-state index in [1.54, 1.807) is 6.92 Å². The van der Waals surface area contributed by atoms with Gasteiger partial charge >= 0.3 is 12.0 Å². The SMILES string of the molecule is CCOC(=O)C1=C(CC)NC(=O)NC1c1ccc(OCc2cc(C)ccc2C)cc1. The van der Waals surface area contributed by atoms with E-state index in [-0.39, 0.29) is 12.6 Å². The molecule has 0 aliphatic carbocycles. The predicted octanol–water partition coefficient (Wildman–Crippen LogP) is 4.46. The van der Waals surface area contributed by atoms with E-state index in [0.29, 0.717) is 24.3 Å². The first-order valence-corrected chi connectivity index (χ1v) is 10.2. The van der Waals surface area contributed by atoms with Gasteiger partial charge in [-0.2, -0.15) is 0 Å². The summed E-state index contributed by atoms with van der Waals surface area (Å²) in [7, 11) is 0. The van der Waals surface area contributed by atoms with Crippen molar-refractivity contribution in [3.05, 3.63) is 76.0 Å². The number of benzene rings is 2. The monoisotopic (exact) mass is 408 g/mol. The minimum absolute atomic E-state index is 0.269. The Bertz CT molecular complexity index is 964. The highest BCUT2D eigenvalue weighted by Gasteiger charge is 2.32. The Labute approximate surface area is 177 Å². The number of carbonyl (C=O) groups excluding carboxylic acids is 2. The van der Waals surface area contributed by atoms with Crippen molar-refractivity contribution in [2.45, 2.75) is 46.8 Å². The van der Waals surface area contributed by atoms with E-state index in [2.05, 4.69) is 42.7 Å². The summed E-state index contributed by atoms with van der Waals surface area (Å²) >= 11 is 0. The van der Waals surface area contributed by atoms with Crippen LogP contribution in [-0.4, -0.2) is 18.6 Å². The van der Waals surface area contributed by atoms with E-state index in [1.165, 1.54) is 11.1 Å². The van der Waals surface area contributed by atoms with Crippen molar-refractivity contribution in [1.29, 1.82) is 0 Å². The molecule has 2 amide bonds. The summed E-state index contributed by atoms with van der Waals surface area (Å²) in [5.41, 5.74) is 5.33. The second kappa shape index (κ2) is 9.48. The van der Waals surface area contributed by atoms with Crippen LogP contribution in [0, 0.1) is 13.8 Å². The van der Waals surface area contributed by atoms with Gasteiger partial charge in [0.25, 0.3) is 0 Å². The molecule has 2 N–H and O–H groups in total. The number of urea groups is 1. The Morgan fingerprint density at radius 3 is 2.47 bits per heavy atom. The zero-order chi connectivity index (χ0) is 21.7. The summed E-state index contributed by atoms with van der Waals surface area (Å²) in [6.45, 7) is 8.52. The van der Waals surface area contributed by atoms with Crippen LogP contribution in [0.25, 0.3) is 0 Å². The van der Waals surface area contributed by atoms with Gasteiger partial charge in [0.2, 0.25) is 0 Å². The van der Waals surface area contributed by atoms with Crippen LogP contribution in [0.1, 0.15) is 48.6 Å². The summed E-state index contributed by atoms with van der Waals surface area (Å²) < 4.78 is 11.2. The number of hydrogen-bond acceptors (Lipinski definition) is 4. The predicted molar refractivity (Wildman–Crippen MR) is 115 cm³/mol. The Hall–Kier alpha value is -3.28. The topological polar surface area (TPSA) is 76.7 Å². The molecule has 1 unspecified atom stereocenters. The Kier molecular flexibility index (Phi) is 6.77. The molecule has 1 atom stereocenters. The van der Waals surface area contributed by atoms with Crippen LogP contribution in [0.4, 0.5) is 4.79 Å². The van der Waals surface area contributed by atoms with Gasteiger partial charge < -0.3 is 20.1 Å². The average Bonchev–Trinajstić information content (AvgIpc) is 2.74. The minimum atomic E-state index is -0.569. The quantitative estimate of drug-likeness (QED) is 0.663. The third kappa shape index (κ3) is 4.82. The Morgan fingerprint density at radius 2 is 1.80 bits per heavy atom. The average molecular weight is 408 g/mol. The van der Waals surface area contributed by atoms with Crippen LogP contribution in [0.15, 0.2) is 53.7 Å². The second-order valence-corrected chi connectivity index (χ2v) is 7.29. The number of hydrogen-bond donors (Lipinski definition) is 2. The number of allylic oxidation sites excluding steroid dienone is 1. The smallest absolute Gasteiger partial charge is 0.338 e. The van der Waals surface area contributed by atoms with Gasteiger partial charge in [-0.25, -0.2) is 9.59 Å². The van der Waals surface area contributed by atoms with Crippen LogP contribution in [-0.2, 0) is 16.1 Å². The molecule has 0 saturated heterocycles. The van der Waals surface area contributed by atoms with E-state index in [9.17, 15) is 9.59 Å². The van der Waals surface area contributed by atoms with Gasteiger partial charge in [0, 0.05) is 5.70 Å². The first kappa shape index (κ1) is 21.4. The lowest BCUT2D eigenvalue weighted by Crippen LogP contribution is -2.45. The largest absolute Gasteiger partial charge is 0.489 e. The highest BCUT2D eigenvalue weighted by Crippen LogP contribution is 2.30. The van der Waals surface area contributed by atoms with Crippen LogP contribution in [0.5, 0.6) is 5.75 Å². The maximum absolute atomic E-state index is 12.5. The Morgan fingerprint density at radius 1 is 1.07 bits per heavy atom. The van der Waals surface area contributed by atoms with Crippen molar-refractivity contribution in [3.63, 3.8) is 0 Å². The number of ether oxygens (including phenoxy) is 2. The zero-order valence-corrected chi connectivity index (χ0v) is 17.9. The molecule has 0 bridgehead atoms. The van der Waals surface area contributed by atoms with Crippen molar-refractivity contribution >= 4 is 12.0 Å². The zero-order valence-electron chi connectivity index (χ0n) is 17.9. The summed E-state index contributed by atoms with van der Waals surface area (Å²) in [6.07, 6.45) is 0.523. The lowest BCUT2D eigenvalue weighted by Gasteiger charge is -2.29. The van der Waals surface area contributed by atoms with E-state index < -0.39 is 12.0 Å². The first-order chi connectivity index (χ1) is 14.4. The fourth-order valence-electron chi connectivity index (χ4n) is 3.47. The van der Waals surface area contributed by atoms with Gasteiger partial charge in [0.1, 0.15) is 12.4 Å². The van der Waals surface area contributed by atoms with Gasteiger partial charge in [-0.1, -0.05) is 42.8 Å². The van der Waals surface area contributed by atoms with Crippen molar-refractivity contribution in [1.82, 2.24) is 10.6 Å². The lowest BCUT2D eigenvalue weighted by atomic mass is 9.94. The summed E-state index contributed by atoms with van der Waals surface area (Å²) in [4.78, 5) is 24.6. The number of aryl methyl sites for hydroxylation is 2. The summed E-state index contributed by atoms with van der Waals surface area (Å²) in [5, 5.41) is 5.55. The third-order valence-electron chi connectivity index (χ3n) is 5.11. The van der Waals surface area contributed by atoms with Gasteiger partial charge in [-0.3, -0.25) is 0 Å². The second-order valence-electron chi connectivity index (χ2n) is 7.29. The number of esters is 1. The molecule has 6 nitrogen and oxygen atoms in total. The highest BCUT2D eigenvalue weighted by atomic mass is 16.5. The fourth-order valence-corrected chi connectivity index (χ4v) is 3.47. The fraction of sp³-hybridized carbons (Fsp3) is 0.333. The number of amides is 2. The van der Waals surface area contributed by atoms with Crippen LogP contribution < -0.4 is 15.4 Å². The molecule has 2 aromatic carbocycles. The molecular formula is C24H28N2O4. The van der Waals surface area contributed by atoms with E-state index in [1.807, 2.05) is 31.2 Å². The van der Waals surface area contributed by atoms with Gasteiger partial charge in [-0.15, -0.1) is 0 Å². The highest BCUT2D eigenvalue weighted by molar-refractivity contribution is 5.95. The van der Waals surface area contributed by atoms with Crippen LogP contribution in [0.3, 0.4) is 0 Å². The third-order valence-corrected chi connectivity index (χ3v) is 5.11. The van der Waals surface area contributed by atoms with Crippen LogP contribution >= 0.6 is 0 Å². The molecule has 30 heavy (non-hydrogen) atoms. The van der Waals surface area contributed by atoms with Gasteiger partial charge in [0.05, 0.1) is 18.2 Å². The van der Waals surface area contributed by atoms with E-state index >= 15 is 0 Å². The molecule has 0 fully saturated rings. The molecule has 6 heteroatoms. The summed E-state index contributed by atoms with van der Waals surface area (Å²) in [5.74, 6) is 0.291. The minimum Gasteiger partial charge on any atom is -0.489 e. The van der Waals surface area contributed by atoms with Crippen molar-refractivity contribution in [3.8, 4) is 5.75 Å². The lowest BCUT2D eigenvalue weighted by molar-refractivity contribution is -0.139. The maximum atomic E-state index is 12.5. The number of rotatable bonds is 7. The molecule has 0 saturated carbocycles. The molecule has 0 spiro atoms. The number of nitrogens with one attached hydrogen (secondary N) is 2.